The quantitative estimate of drug-likeness (QED) is 0.707. The van der Waals surface area contributed by atoms with Crippen molar-refractivity contribution in [1.82, 2.24) is 0 Å². The molecule has 2 aromatic carbocycles. The lowest BCUT2D eigenvalue weighted by Crippen LogP contribution is -2.38. The Morgan fingerprint density at radius 3 is 2.59 bits per heavy atom. The summed E-state index contributed by atoms with van der Waals surface area (Å²) in [5.74, 6) is -0.342. The number of anilines is 1. The maximum absolute atomic E-state index is 12.6. The minimum absolute atomic E-state index is 0.00788. The number of aliphatic imine (C=N–C) groups is 1. The first-order valence-corrected chi connectivity index (χ1v) is 11.6. The number of halogens is 2. The summed E-state index contributed by atoms with van der Waals surface area (Å²) in [6.45, 7) is 0. The molecule has 5 nitrogen and oxygen atoms in total. The number of thioether (sulfide) groups is 1. The van der Waals surface area contributed by atoms with E-state index in [1.165, 1.54) is 11.8 Å². The van der Waals surface area contributed by atoms with Gasteiger partial charge >= 0.3 is 0 Å². The Kier molecular flexibility index (Phi) is 4.96. The molecule has 9 heteroatoms. The lowest BCUT2D eigenvalue weighted by molar-refractivity contribution is 0.100. The molecule has 0 aliphatic carbocycles. The number of rotatable bonds is 2. The van der Waals surface area contributed by atoms with Crippen LogP contribution in [0.3, 0.4) is 0 Å². The Bertz CT molecular complexity index is 1040. The monoisotopic (exact) mass is 440 g/mol. The maximum Gasteiger partial charge on any atom is 0.279 e. The summed E-state index contributed by atoms with van der Waals surface area (Å²) in [5.41, 5.74) is 1.02. The zero-order chi connectivity index (χ0) is 19.2. The van der Waals surface area contributed by atoms with Crippen LogP contribution in [0.15, 0.2) is 53.5 Å². The molecule has 0 saturated carbocycles. The molecular weight excluding hydrogens is 427 g/mol. The number of nitrogens with zero attached hydrogens (tertiary/aromatic N) is 2. The van der Waals surface area contributed by atoms with Crippen LogP contribution in [0.2, 0.25) is 10.0 Å². The van der Waals surface area contributed by atoms with Crippen LogP contribution in [0.25, 0.3) is 0 Å². The molecule has 2 atom stereocenters. The second-order valence-electron chi connectivity index (χ2n) is 6.33. The van der Waals surface area contributed by atoms with Crippen molar-refractivity contribution < 1.29 is 13.2 Å². The minimum atomic E-state index is -3.15. The standard InChI is InChI=1S/C18H14Cl2N2O3S2/c19-12-6-7-13(20)14(8-12)22-15-9-27(24,25)10-16(15)26-18(22)21-17(23)11-4-2-1-3-5-11/h1-8,15-16H,9-10H2/t15-,16+/m0/s1. The first-order chi connectivity index (χ1) is 12.8. The lowest BCUT2D eigenvalue weighted by Gasteiger charge is -2.25. The maximum atomic E-state index is 12.6. The minimum Gasteiger partial charge on any atom is -0.314 e. The number of amides is 1. The van der Waals surface area contributed by atoms with E-state index in [9.17, 15) is 13.2 Å². The second-order valence-corrected chi connectivity index (χ2v) is 10.5. The van der Waals surface area contributed by atoms with Gasteiger partial charge in [-0.05, 0) is 30.3 Å². The molecule has 2 fully saturated rings. The van der Waals surface area contributed by atoms with Crippen molar-refractivity contribution in [3.05, 3.63) is 64.1 Å². The van der Waals surface area contributed by atoms with Crippen LogP contribution in [0.5, 0.6) is 0 Å². The molecule has 4 rings (SSSR count). The predicted molar refractivity (Wildman–Crippen MR) is 111 cm³/mol. The zero-order valence-electron chi connectivity index (χ0n) is 13.9. The smallest absolute Gasteiger partial charge is 0.279 e. The first kappa shape index (κ1) is 18.8. The second kappa shape index (κ2) is 7.13. The van der Waals surface area contributed by atoms with Crippen molar-refractivity contribution in [3.8, 4) is 0 Å². The van der Waals surface area contributed by atoms with Gasteiger partial charge in [-0.3, -0.25) is 4.79 Å². The Morgan fingerprint density at radius 2 is 1.85 bits per heavy atom. The van der Waals surface area contributed by atoms with Crippen molar-refractivity contribution in [2.75, 3.05) is 16.4 Å². The molecule has 0 aromatic heterocycles. The van der Waals surface area contributed by atoms with E-state index in [4.69, 9.17) is 23.2 Å². The van der Waals surface area contributed by atoms with Gasteiger partial charge in [0, 0.05) is 15.8 Å². The first-order valence-electron chi connectivity index (χ1n) is 8.13. The molecule has 140 valence electrons. The molecule has 2 aliphatic rings. The van der Waals surface area contributed by atoms with Gasteiger partial charge in [-0.1, -0.05) is 53.2 Å². The lowest BCUT2D eigenvalue weighted by atomic mass is 10.2. The molecular formula is C18H14Cl2N2O3S2. The summed E-state index contributed by atoms with van der Waals surface area (Å²) in [7, 11) is -3.15. The summed E-state index contributed by atoms with van der Waals surface area (Å²) < 4.78 is 24.2. The fourth-order valence-corrected chi connectivity index (χ4v) is 7.53. The highest BCUT2D eigenvalue weighted by molar-refractivity contribution is 8.16. The highest BCUT2D eigenvalue weighted by Gasteiger charge is 2.49. The summed E-state index contributed by atoms with van der Waals surface area (Å²) >= 11 is 13.8. The average molecular weight is 441 g/mol. The number of carbonyl (C=O) groups is 1. The van der Waals surface area contributed by atoms with Gasteiger partial charge in [-0.2, -0.15) is 4.99 Å². The fourth-order valence-electron chi connectivity index (χ4n) is 3.25. The molecule has 27 heavy (non-hydrogen) atoms. The number of benzene rings is 2. The fraction of sp³-hybridized carbons (Fsp3) is 0.222. The summed E-state index contributed by atoms with van der Waals surface area (Å²) in [6, 6.07) is 13.4. The molecule has 2 saturated heterocycles. The van der Waals surface area contributed by atoms with E-state index in [1.54, 1.807) is 47.4 Å². The molecule has 2 heterocycles. The number of hydrogen-bond acceptors (Lipinski definition) is 4. The van der Waals surface area contributed by atoms with Gasteiger partial charge in [0.1, 0.15) is 0 Å². The number of hydrogen-bond donors (Lipinski definition) is 0. The van der Waals surface area contributed by atoms with Gasteiger partial charge in [0.15, 0.2) is 15.0 Å². The Balaban J connectivity index is 1.78. The number of fused-ring (bicyclic) bond motifs is 1. The van der Waals surface area contributed by atoms with Crippen molar-refractivity contribution in [2.24, 2.45) is 4.99 Å². The summed E-state index contributed by atoms with van der Waals surface area (Å²) in [6.07, 6.45) is 0. The molecule has 2 aliphatic heterocycles. The molecule has 0 unspecified atom stereocenters. The number of amidine groups is 1. The van der Waals surface area contributed by atoms with Crippen molar-refractivity contribution in [3.63, 3.8) is 0 Å². The van der Waals surface area contributed by atoms with Crippen LogP contribution in [0.4, 0.5) is 5.69 Å². The predicted octanol–water partition coefficient (Wildman–Crippen LogP) is 3.91. The largest absolute Gasteiger partial charge is 0.314 e. The van der Waals surface area contributed by atoms with Crippen LogP contribution in [-0.2, 0) is 9.84 Å². The van der Waals surface area contributed by atoms with Gasteiger partial charge in [-0.15, -0.1) is 0 Å². The van der Waals surface area contributed by atoms with Gasteiger partial charge < -0.3 is 4.90 Å². The van der Waals surface area contributed by atoms with Crippen molar-refractivity contribution in [1.29, 1.82) is 0 Å². The van der Waals surface area contributed by atoms with Crippen molar-refractivity contribution >= 4 is 61.6 Å². The molecule has 0 radical (unpaired) electrons. The van der Waals surface area contributed by atoms with Crippen molar-refractivity contribution in [2.45, 2.75) is 11.3 Å². The van der Waals surface area contributed by atoms with E-state index in [1.807, 2.05) is 6.07 Å². The van der Waals surface area contributed by atoms with Crippen LogP contribution in [0, 0.1) is 0 Å². The third-order valence-corrected chi connectivity index (χ3v) is 8.22. The molecule has 0 spiro atoms. The Labute approximate surface area is 171 Å². The molecule has 0 N–H and O–H groups in total. The summed E-state index contributed by atoms with van der Waals surface area (Å²) in [5, 5.41) is 1.13. The van der Waals surface area contributed by atoms with E-state index in [2.05, 4.69) is 4.99 Å². The van der Waals surface area contributed by atoms with E-state index in [0.717, 1.165) is 0 Å². The summed E-state index contributed by atoms with van der Waals surface area (Å²) in [4.78, 5) is 18.6. The van der Waals surface area contributed by atoms with Crippen LogP contribution < -0.4 is 4.90 Å². The highest BCUT2D eigenvalue weighted by atomic mass is 35.5. The normalized spacial score (nSPS) is 25.0. The van der Waals surface area contributed by atoms with Gasteiger partial charge in [-0.25, -0.2) is 8.42 Å². The molecule has 2 aromatic rings. The topological polar surface area (TPSA) is 66.8 Å². The van der Waals surface area contributed by atoms with E-state index < -0.39 is 9.84 Å². The highest BCUT2D eigenvalue weighted by Crippen LogP contribution is 2.43. The molecule has 1 amide bonds. The average Bonchev–Trinajstić information content (AvgIpc) is 3.09. The Hall–Kier alpha value is -1.54. The third kappa shape index (κ3) is 3.74. The third-order valence-electron chi connectivity index (χ3n) is 4.45. The Morgan fingerprint density at radius 1 is 1.11 bits per heavy atom. The van der Waals surface area contributed by atoms with Gasteiger partial charge in [0.25, 0.3) is 5.91 Å². The van der Waals surface area contributed by atoms with Gasteiger partial charge in [0.05, 0.1) is 28.3 Å². The number of carbonyl (C=O) groups excluding carboxylic acids is 1. The van der Waals surface area contributed by atoms with E-state index in [-0.39, 0.29) is 28.7 Å². The zero-order valence-corrected chi connectivity index (χ0v) is 17.0. The van der Waals surface area contributed by atoms with E-state index in [0.29, 0.717) is 26.5 Å². The number of sulfone groups is 1. The van der Waals surface area contributed by atoms with Crippen LogP contribution in [-0.4, -0.2) is 42.3 Å². The molecule has 0 bridgehead atoms. The van der Waals surface area contributed by atoms with E-state index >= 15 is 0 Å². The van der Waals surface area contributed by atoms with Crippen LogP contribution >= 0.6 is 35.0 Å². The van der Waals surface area contributed by atoms with Crippen LogP contribution in [0.1, 0.15) is 10.4 Å². The SMILES string of the molecule is O=C(N=C1S[C@@H]2CS(=O)(=O)C[C@@H]2N1c1cc(Cl)ccc1Cl)c1ccccc1. The van der Waals surface area contributed by atoms with Gasteiger partial charge in [0.2, 0.25) is 0 Å².